The SMILES string of the molecule is Fc1ccccc1C[NH2+]C1CC[NH+](CCc2ccccc2)CC1. The fraction of sp³-hybridized carbons (Fsp3) is 0.400. The Labute approximate surface area is 138 Å². The lowest BCUT2D eigenvalue weighted by molar-refractivity contribution is -0.913. The summed E-state index contributed by atoms with van der Waals surface area (Å²) in [5.41, 5.74) is 2.26. The minimum absolute atomic E-state index is 0.0744. The fourth-order valence-electron chi connectivity index (χ4n) is 3.46. The van der Waals surface area contributed by atoms with E-state index in [0.717, 1.165) is 12.1 Å². The van der Waals surface area contributed by atoms with Crippen LogP contribution in [0.3, 0.4) is 0 Å². The van der Waals surface area contributed by atoms with Crippen molar-refractivity contribution in [3.63, 3.8) is 0 Å². The van der Waals surface area contributed by atoms with E-state index in [9.17, 15) is 4.39 Å². The van der Waals surface area contributed by atoms with Crippen molar-refractivity contribution in [3.8, 4) is 0 Å². The van der Waals surface area contributed by atoms with E-state index in [1.165, 1.54) is 44.5 Å². The number of halogens is 1. The van der Waals surface area contributed by atoms with Crippen LogP contribution in [0, 0.1) is 5.82 Å². The van der Waals surface area contributed by atoms with Crippen molar-refractivity contribution < 1.29 is 14.6 Å². The Kier molecular flexibility index (Phi) is 5.78. The summed E-state index contributed by atoms with van der Waals surface area (Å²) >= 11 is 0. The first-order valence-corrected chi connectivity index (χ1v) is 8.75. The van der Waals surface area contributed by atoms with E-state index in [4.69, 9.17) is 0 Å². The van der Waals surface area contributed by atoms with Gasteiger partial charge in [-0.1, -0.05) is 48.5 Å². The summed E-state index contributed by atoms with van der Waals surface area (Å²) in [5, 5.41) is 2.33. The number of nitrogens with two attached hydrogens (primary N) is 1. The normalized spacial score (nSPS) is 21.3. The second-order valence-corrected chi connectivity index (χ2v) is 6.60. The fourth-order valence-corrected chi connectivity index (χ4v) is 3.46. The lowest BCUT2D eigenvalue weighted by atomic mass is 10.0. The highest BCUT2D eigenvalue weighted by Gasteiger charge is 2.24. The minimum atomic E-state index is -0.0744. The number of hydrogen-bond acceptors (Lipinski definition) is 0. The van der Waals surface area contributed by atoms with Crippen molar-refractivity contribution in [3.05, 3.63) is 71.5 Å². The van der Waals surface area contributed by atoms with Gasteiger partial charge in [0.2, 0.25) is 0 Å². The molecular formula is C20H27FN2+2. The predicted octanol–water partition coefficient (Wildman–Crippen LogP) is 1.18. The lowest BCUT2D eigenvalue weighted by Gasteiger charge is -2.28. The zero-order valence-corrected chi connectivity index (χ0v) is 13.7. The van der Waals surface area contributed by atoms with Crippen molar-refractivity contribution in [2.24, 2.45) is 0 Å². The van der Waals surface area contributed by atoms with Crippen LogP contribution < -0.4 is 10.2 Å². The van der Waals surface area contributed by atoms with Gasteiger partial charge >= 0.3 is 0 Å². The smallest absolute Gasteiger partial charge is 0.132 e. The molecule has 0 radical (unpaired) electrons. The molecule has 2 aromatic rings. The molecule has 23 heavy (non-hydrogen) atoms. The van der Waals surface area contributed by atoms with Crippen LogP contribution in [-0.2, 0) is 13.0 Å². The summed E-state index contributed by atoms with van der Waals surface area (Å²) < 4.78 is 13.6. The van der Waals surface area contributed by atoms with Crippen LogP contribution in [0.15, 0.2) is 54.6 Å². The Bertz CT molecular complexity index is 592. The summed E-state index contributed by atoms with van der Waals surface area (Å²) in [6.07, 6.45) is 3.64. The Morgan fingerprint density at radius 3 is 2.39 bits per heavy atom. The molecule has 0 saturated carbocycles. The van der Waals surface area contributed by atoms with E-state index in [1.54, 1.807) is 17.0 Å². The Balaban J connectivity index is 1.38. The number of quaternary nitrogens is 2. The lowest BCUT2D eigenvalue weighted by Crippen LogP contribution is -3.15. The molecule has 0 spiro atoms. The molecule has 3 rings (SSSR count). The van der Waals surface area contributed by atoms with E-state index in [1.807, 2.05) is 12.1 Å². The van der Waals surface area contributed by atoms with Gasteiger partial charge in [0.25, 0.3) is 0 Å². The Hall–Kier alpha value is -1.71. The highest BCUT2D eigenvalue weighted by atomic mass is 19.1. The first-order chi connectivity index (χ1) is 11.3. The molecule has 1 saturated heterocycles. The van der Waals surface area contributed by atoms with Gasteiger partial charge in [-0.05, 0) is 11.6 Å². The molecule has 0 aliphatic carbocycles. The number of benzene rings is 2. The maximum absolute atomic E-state index is 13.6. The molecule has 0 unspecified atom stereocenters. The molecule has 0 bridgehead atoms. The monoisotopic (exact) mass is 314 g/mol. The zero-order chi connectivity index (χ0) is 15.9. The van der Waals surface area contributed by atoms with Crippen molar-refractivity contribution in [2.45, 2.75) is 31.8 Å². The molecule has 1 aliphatic rings. The summed E-state index contributed by atoms with van der Waals surface area (Å²) in [4.78, 5) is 1.71. The van der Waals surface area contributed by atoms with Crippen molar-refractivity contribution in [1.29, 1.82) is 0 Å². The molecular weight excluding hydrogens is 287 g/mol. The van der Waals surface area contributed by atoms with Crippen molar-refractivity contribution >= 4 is 0 Å². The van der Waals surface area contributed by atoms with Gasteiger partial charge in [0.05, 0.1) is 25.7 Å². The van der Waals surface area contributed by atoms with Crippen LogP contribution in [0.25, 0.3) is 0 Å². The number of nitrogens with one attached hydrogen (secondary N) is 1. The van der Waals surface area contributed by atoms with Gasteiger partial charge in [-0.25, -0.2) is 4.39 Å². The number of hydrogen-bond donors (Lipinski definition) is 2. The van der Waals surface area contributed by atoms with Crippen molar-refractivity contribution in [1.82, 2.24) is 0 Å². The minimum Gasteiger partial charge on any atom is -0.340 e. The number of likely N-dealkylation sites (tertiary alicyclic amines) is 1. The van der Waals surface area contributed by atoms with Gasteiger partial charge < -0.3 is 10.2 Å². The molecule has 2 nitrogen and oxygen atoms in total. The number of piperidine rings is 1. The summed E-state index contributed by atoms with van der Waals surface area (Å²) in [5.74, 6) is -0.0744. The van der Waals surface area contributed by atoms with Crippen molar-refractivity contribution in [2.75, 3.05) is 19.6 Å². The van der Waals surface area contributed by atoms with Gasteiger partial charge in [-0.15, -0.1) is 0 Å². The molecule has 0 aromatic heterocycles. The molecule has 0 atom stereocenters. The quantitative estimate of drug-likeness (QED) is 0.799. The van der Waals surface area contributed by atoms with E-state index in [-0.39, 0.29) is 5.82 Å². The highest BCUT2D eigenvalue weighted by Crippen LogP contribution is 2.04. The van der Waals surface area contributed by atoms with Crippen LogP contribution in [-0.4, -0.2) is 25.7 Å². The van der Waals surface area contributed by atoms with Crippen LogP contribution in [0.4, 0.5) is 4.39 Å². The predicted molar refractivity (Wildman–Crippen MR) is 90.8 cm³/mol. The van der Waals surface area contributed by atoms with E-state index < -0.39 is 0 Å². The molecule has 3 heteroatoms. The first-order valence-electron chi connectivity index (χ1n) is 8.75. The summed E-state index contributed by atoms with van der Waals surface area (Å²) in [7, 11) is 0. The highest BCUT2D eigenvalue weighted by molar-refractivity contribution is 5.16. The van der Waals surface area contributed by atoms with Crippen LogP contribution in [0.2, 0.25) is 0 Å². The van der Waals surface area contributed by atoms with Gasteiger partial charge in [0, 0.05) is 24.8 Å². The summed E-state index contributed by atoms with van der Waals surface area (Å²) in [6.45, 7) is 4.47. The zero-order valence-electron chi connectivity index (χ0n) is 13.7. The van der Waals surface area contributed by atoms with Crippen LogP contribution >= 0.6 is 0 Å². The second-order valence-electron chi connectivity index (χ2n) is 6.60. The third kappa shape index (κ3) is 4.88. The van der Waals surface area contributed by atoms with E-state index >= 15 is 0 Å². The molecule has 122 valence electrons. The average molecular weight is 314 g/mol. The molecule has 1 heterocycles. The molecule has 2 aromatic carbocycles. The third-order valence-corrected chi connectivity index (χ3v) is 4.98. The maximum atomic E-state index is 13.6. The van der Waals surface area contributed by atoms with Crippen LogP contribution in [0.1, 0.15) is 24.0 Å². The molecule has 3 N–H and O–H groups in total. The average Bonchev–Trinajstić information content (AvgIpc) is 2.61. The summed E-state index contributed by atoms with van der Waals surface area (Å²) in [6, 6.07) is 18.5. The topological polar surface area (TPSA) is 21.1 Å². The Morgan fingerprint density at radius 1 is 0.957 bits per heavy atom. The maximum Gasteiger partial charge on any atom is 0.132 e. The third-order valence-electron chi connectivity index (χ3n) is 4.98. The second kappa shape index (κ2) is 8.23. The van der Waals surface area contributed by atoms with Crippen LogP contribution in [0.5, 0.6) is 0 Å². The van der Waals surface area contributed by atoms with E-state index in [2.05, 4.69) is 35.6 Å². The molecule has 1 fully saturated rings. The standard InChI is InChI=1S/C20H25FN2/c21-20-9-5-4-8-18(20)16-22-19-11-14-23(15-12-19)13-10-17-6-2-1-3-7-17/h1-9,19,22H,10-16H2/p+2. The largest absolute Gasteiger partial charge is 0.340 e. The van der Waals surface area contributed by atoms with Gasteiger partial charge in [0.15, 0.2) is 0 Å². The Morgan fingerprint density at radius 2 is 1.65 bits per heavy atom. The molecule has 1 aliphatic heterocycles. The van der Waals surface area contributed by atoms with Gasteiger partial charge in [0.1, 0.15) is 12.4 Å². The van der Waals surface area contributed by atoms with Gasteiger partial charge in [-0.3, -0.25) is 0 Å². The first kappa shape index (κ1) is 16.2. The van der Waals surface area contributed by atoms with E-state index in [0.29, 0.717) is 6.04 Å². The van der Waals surface area contributed by atoms with Gasteiger partial charge in [-0.2, -0.15) is 0 Å². The number of rotatable bonds is 6. The molecule has 0 amide bonds.